The van der Waals surface area contributed by atoms with Gasteiger partial charge in [-0.1, -0.05) is 6.92 Å². The van der Waals surface area contributed by atoms with E-state index in [0.717, 1.165) is 6.54 Å². The molecule has 1 heteroatoms. The van der Waals surface area contributed by atoms with Gasteiger partial charge in [0, 0.05) is 17.7 Å². The summed E-state index contributed by atoms with van der Waals surface area (Å²) in [5.74, 6) is 0. The molecule has 0 aromatic carbocycles. The minimum Gasteiger partial charge on any atom is -0.294 e. The van der Waals surface area contributed by atoms with Crippen molar-refractivity contribution < 1.29 is 0 Å². The highest BCUT2D eigenvalue weighted by molar-refractivity contribution is 5.92. The van der Waals surface area contributed by atoms with E-state index in [2.05, 4.69) is 11.9 Å². The fourth-order valence-electron chi connectivity index (χ4n) is 2.31. The molecule has 1 fully saturated rings. The summed E-state index contributed by atoms with van der Waals surface area (Å²) in [5, 5.41) is 0. The molecule has 1 unspecified atom stereocenters. The molecule has 0 spiro atoms. The van der Waals surface area contributed by atoms with E-state index >= 15 is 0 Å². The van der Waals surface area contributed by atoms with Gasteiger partial charge >= 0.3 is 0 Å². The lowest BCUT2D eigenvalue weighted by Crippen LogP contribution is -2.25. The third kappa shape index (κ3) is 0.799. The minimum atomic E-state index is 0.540. The summed E-state index contributed by atoms with van der Waals surface area (Å²) in [5.41, 5.74) is 2.07. The molecule has 0 amide bonds. The molecule has 0 saturated heterocycles. The molecule has 0 aromatic heterocycles. The summed E-state index contributed by atoms with van der Waals surface area (Å²) in [7, 11) is 0. The first-order chi connectivity index (χ1) is 4.81. The molecule has 2 aliphatic rings. The topological polar surface area (TPSA) is 12.4 Å². The average molecular weight is 137 g/mol. The van der Waals surface area contributed by atoms with Crippen molar-refractivity contribution in [3.05, 3.63) is 0 Å². The second-order valence-corrected chi connectivity index (χ2v) is 3.85. The predicted octanol–water partition coefficient (Wildman–Crippen LogP) is 2.41. The van der Waals surface area contributed by atoms with Gasteiger partial charge in [0.25, 0.3) is 0 Å². The van der Waals surface area contributed by atoms with E-state index in [4.69, 9.17) is 0 Å². The first-order valence-corrected chi connectivity index (χ1v) is 4.35. The average Bonchev–Trinajstić information content (AvgIpc) is 2.29. The van der Waals surface area contributed by atoms with Crippen LogP contribution in [0, 0.1) is 5.41 Å². The molecule has 10 heavy (non-hydrogen) atoms. The van der Waals surface area contributed by atoms with E-state index in [0.29, 0.717) is 5.41 Å². The molecule has 1 saturated carbocycles. The van der Waals surface area contributed by atoms with Crippen LogP contribution in [-0.2, 0) is 0 Å². The van der Waals surface area contributed by atoms with Gasteiger partial charge in [0.15, 0.2) is 0 Å². The van der Waals surface area contributed by atoms with Gasteiger partial charge in [0.2, 0.25) is 0 Å². The number of hydrogen-bond acceptors (Lipinski definition) is 1. The van der Waals surface area contributed by atoms with E-state index in [1.54, 1.807) is 0 Å². The molecule has 1 aliphatic carbocycles. The van der Waals surface area contributed by atoms with Gasteiger partial charge in [-0.25, -0.2) is 0 Å². The molecular weight excluding hydrogens is 122 g/mol. The van der Waals surface area contributed by atoms with E-state index in [-0.39, 0.29) is 0 Å². The molecule has 0 radical (unpaired) electrons. The number of hydrogen-bond donors (Lipinski definition) is 0. The third-order valence-electron chi connectivity index (χ3n) is 3.03. The summed E-state index contributed by atoms with van der Waals surface area (Å²) in [6, 6.07) is 0. The lowest BCUT2D eigenvalue weighted by molar-refractivity contribution is 0.395. The smallest absolute Gasteiger partial charge is 0.0389 e. The first-order valence-electron chi connectivity index (χ1n) is 4.35. The Morgan fingerprint density at radius 2 is 2.10 bits per heavy atom. The van der Waals surface area contributed by atoms with Crippen LogP contribution in [-0.4, -0.2) is 12.3 Å². The minimum absolute atomic E-state index is 0.540. The van der Waals surface area contributed by atoms with Gasteiger partial charge in [-0.15, -0.1) is 0 Å². The monoisotopic (exact) mass is 137 g/mol. The van der Waals surface area contributed by atoms with Crippen molar-refractivity contribution in [1.29, 1.82) is 0 Å². The van der Waals surface area contributed by atoms with Crippen LogP contribution >= 0.6 is 0 Å². The highest BCUT2D eigenvalue weighted by Crippen LogP contribution is 2.41. The van der Waals surface area contributed by atoms with Crippen LogP contribution in [0.25, 0.3) is 0 Å². The highest BCUT2D eigenvalue weighted by atomic mass is 14.8. The molecule has 1 heterocycles. The fraction of sp³-hybridized carbons (Fsp3) is 0.889. The Morgan fingerprint density at radius 3 is 2.90 bits per heavy atom. The SMILES string of the molecule is CC12CCCN=C1CCC2. The Hall–Kier alpha value is -0.330. The van der Waals surface area contributed by atoms with Crippen LogP contribution in [0.5, 0.6) is 0 Å². The fourth-order valence-corrected chi connectivity index (χ4v) is 2.31. The molecule has 0 aromatic rings. The maximum absolute atomic E-state index is 4.58. The normalized spacial score (nSPS) is 39.1. The summed E-state index contributed by atoms with van der Waals surface area (Å²) in [6.45, 7) is 3.49. The first kappa shape index (κ1) is 6.38. The van der Waals surface area contributed by atoms with Crippen molar-refractivity contribution in [2.45, 2.75) is 39.0 Å². The zero-order chi connectivity index (χ0) is 7.03. The molecule has 1 aliphatic heterocycles. The summed E-state index contributed by atoms with van der Waals surface area (Å²) in [6.07, 6.45) is 6.78. The zero-order valence-corrected chi connectivity index (χ0v) is 6.69. The standard InChI is InChI=1S/C9H15N/c1-9-5-2-4-8(9)10-7-3-6-9/h2-7H2,1H3. The Balaban J connectivity index is 2.28. The van der Waals surface area contributed by atoms with Crippen molar-refractivity contribution in [3.8, 4) is 0 Å². The van der Waals surface area contributed by atoms with Crippen molar-refractivity contribution in [2.75, 3.05) is 6.54 Å². The van der Waals surface area contributed by atoms with E-state index in [1.165, 1.54) is 37.8 Å². The number of nitrogens with zero attached hydrogens (tertiary/aromatic N) is 1. The summed E-state index contributed by atoms with van der Waals surface area (Å²) < 4.78 is 0. The number of fused-ring (bicyclic) bond motifs is 1. The molecule has 0 bridgehead atoms. The van der Waals surface area contributed by atoms with Gasteiger partial charge in [-0.2, -0.15) is 0 Å². The van der Waals surface area contributed by atoms with E-state index < -0.39 is 0 Å². The van der Waals surface area contributed by atoms with Gasteiger partial charge in [0.1, 0.15) is 0 Å². The third-order valence-corrected chi connectivity index (χ3v) is 3.03. The van der Waals surface area contributed by atoms with Crippen molar-refractivity contribution in [3.63, 3.8) is 0 Å². The Kier molecular flexibility index (Phi) is 1.33. The van der Waals surface area contributed by atoms with Gasteiger partial charge < -0.3 is 0 Å². The predicted molar refractivity (Wildman–Crippen MR) is 43.5 cm³/mol. The molecule has 1 nitrogen and oxygen atoms in total. The molecule has 1 atom stereocenters. The second-order valence-electron chi connectivity index (χ2n) is 3.85. The lowest BCUT2D eigenvalue weighted by Gasteiger charge is -2.28. The zero-order valence-electron chi connectivity index (χ0n) is 6.69. The van der Waals surface area contributed by atoms with Crippen molar-refractivity contribution >= 4 is 5.71 Å². The van der Waals surface area contributed by atoms with E-state index in [9.17, 15) is 0 Å². The maximum Gasteiger partial charge on any atom is 0.0389 e. The molecular formula is C9H15N. The Morgan fingerprint density at radius 1 is 1.30 bits per heavy atom. The van der Waals surface area contributed by atoms with Crippen LogP contribution in [0.15, 0.2) is 4.99 Å². The van der Waals surface area contributed by atoms with Crippen molar-refractivity contribution in [2.24, 2.45) is 10.4 Å². The van der Waals surface area contributed by atoms with Gasteiger partial charge in [0.05, 0.1) is 0 Å². The highest BCUT2D eigenvalue weighted by Gasteiger charge is 2.35. The maximum atomic E-state index is 4.58. The summed E-state index contributed by atoms with van der Waals surface area (Å²) in [4.78, 5) is 4.58. The summed E-state index contributed by atoms with van der Waals surface area (Å²) >= 11 is 0. The quantitative estimate of drug-likeness (QED) is 0.486. The van der Waals surface area contributed by atoms with Crippen LogP contribution in [0.4, 0.5) is 0 Å². The Bertz CT molecular complexity index is 172. The van der Waals surface area contributed by atoms with Gasteiger partial charge in [-0.3, -0.25) is 4.99 Å². The Labute approximate surface area is 62.5 Å². The van der Waals surface area contributed by atoms with E-state index in [1.807, 2.05) is 0 Å². The van der Waals surface area contributed by atoms with Gasteiger partial charge in [-0.05, 0) is 32.1 Å². The molecule has 2 rings (SSSR count). The molecule has 0 N–H and O–H groups in total. The second kappa shape index (κ2) is 2.08. The number of aliphatic imine (C=N–C) groups is 1. The van der Waals surface area contributed by atoms with Crippen LogP contribution in [0.3, 0.4) is 0 Å². The largest absolute Gasteiger partial charge is 0.294 e. The molecule has 56 valence electrons. The van der Waals surface area contributed by atoms with Crippen LogP contribution in [0.2, 0.25) is 0 Å². The van der Waals surface area contributed by atoms with Crippen LogP contribution in [0.1, 0.15) is 39.0 Å². The van der Waals surface area contributed by atoms with Crippen molar-refractivity contribution in [1.82, 2.24) is 0 Å². The number of rotatable bonds is 0. The van der Waals surface area contributed by atoms with Crippen LogP contribution < -0.4 is 0 Å². The lowest BCUT2D eigenvalue weighted by atomic mass is 9.81.